The van der Waals surface area contributed by atoms with Gasteiger partial charge in [-0.25, -0.2) is 0 Å². The molecule has 2 nitrogen and oxygen atoms in total. The minimum absolute atomic E-state index is 0.0440. The van der Waals surface area contributed by atoms with E-state index in [2.05, 4.69) is 5.32 Å². The first-order chi connectivity index (χ1) is 4.97. The van der Waals surface area contributed by atoms with E-state index in [9.17, 15) is 4.79 Å². The van der Waals surface area contributed by atoms with Gasteiger partial charge < -0.3 is 5.32 Å². The van der Waals surface area contributed by atoms with Gasteiger partial charge in [-0.05, 0) is 12.8 Å². The van der Waals surface area contributed by atoms with E-state index >= 15 is 0 Å². The Morgan fingerprint density at radius 1 is 1.64 bits per heavy atom. The highest BCUT2D eigenvalue weighted by molar-refractivity contribution is 8.25. The Hall–Kier alpha value is -0.0900. The van der Waals surface area contributed by atoms with Crippen molar-refractivity contribution in [1.82, 2.24) is 5.32 Å². The summed E-state index contributed by atoms with van der Waals surface area (Å²) in [7, 11) is 0. The largest absolute Gasteiger partial charge is 0.310 e. The molecule has 0 aromatic rings. The summed E-state index contributed by atoms with van der Waals surface area (Å²) in [6.45, 7) is 5.98. The molecule has 0 unspecified atom stereocenters. The van der Waals surface area contributed by atoms with Gasteiger partial charge in [0.05, 0.1) is 0 Å². The molecule has 0 aromatic carbocycles. The molecule has 1 rings (SSSR count). The number of nitrogens with one attached hydrogen (secondary N) is 1. The van der Waals surface area contributed by atoms with Crippen LogP contribution in [0.3, 0.4) is 0 Å². The van der Waals surface area contributed by atoms with Crippen molar-refractivity contribution in [3.8, 4) is 0 Å². The Morgan fingerprint density at radius 2 is 2.18 bits per heavy atom. The fourth-order valence-corrected chi connectivity index (χ4v) is 2.38. The van der Waals surface area contributed by atoms with Gasteiger partial charge in [0.15, 0.2) is 0 Å². The lowest BCUT2D eigenvalue weighted by Crippen LogP contribution is -2.38. The lowest BCUT2D eigenvalue weighted by atomic mass is 9.96. The summed E-state index contributed by atoms with van der Waals surface area (Å²) < 4.78 is 0.253. The number of amides is 1. The fraction of sp³-hybridized carbons (Fsp3) is 0.714. The first kappa shape index (κ1) is 9.00. The summed E-state index contributed by atoms with van der Waals surface area (Å²) in [4.78, 5) is 11.3. The van der Waals surface area contributed by atoms with E-state index in [1.165, 1.54) is 11.8 Å². The second kappa shape index (κ2) is 2.75. The topological polar surface area (TPSA) is 29.1 Å². The highest BCUT2D eigenvalue weighted by Crippen LogP contribution is 2.37. The van der Waals surface area contributed by atoms with E-state index < -0.39 is 0 Å². The molecule has 1 N–H and O–H groups in total. The molecule has 1 saturated heterocycles. The molecule has 1 aliphatic rings. The van der Waals surface area contributed by atoms with Crippen molar-refractivity contribution in [2.45, 2.75) is 25.5 Å². The van der Waals surface area contributed by atoms with Crippen molar-refractivity contribution >= 4 is 34.2 Å². The predicted molar refractivity (Wildman–Crippen MR) is 51.6 cm³/mol. The van der Waals surface area contributed by atoms with Crippen LogP contribution in [0.25, 0.3) is 0 Å². The zero-order valence-electron chi connectivity index (χ0n) is 6.80. The third-order valence-electron chi connectivity index (χ3n) is 2.07. The van der Waals surface area contributed by atoms with E-state index in [0.29, 0.717) is 10.2 Å². The van der Waals surface area contributed by atoms with Crippen molar-refractivity contribution in [3.05, 3.63) is 0 Å². The van der Waals surface area contributed by atoms with E-state index in [0.717, 1.165) is 0 Å². The van der Waals surface area contributed by atoms with E-state index in [4.69, 9.17) is 12.2 Å². The standard InChI is InChI=1S/C7H11NOS2/c1-4(2)7(3)5(9)8-6(10)11-7/h4H,1-3H3,(H,8,9,10)/t7-/m0/s1. The molecular formula is C7H11NOS2. The molecule has 0 aromatic heterocycles. The van der Waals surface area contributed by atoms with Gasteiger partial charge in [0.2, 0.25) is 5.91 Å². The maximum absolute atomic E-state index is 11.3. The maximum atomic E-state index is 11.3. The molecule has 0 radical (unpaired) electrons. The van der Waals surface area contributed by atoms with Gasteiger partial charge in [0.1, 0.15) is 9.07 Å². The van der Waals surface area contributed by atoms with Crippen molar-refractivity contribution in [2.24, 2.45) is 5.92 Å². The van der Waals surface area contributed by atoms with Crippen molar-refractivity contribution in [3.63, 3.8) is 0 Å². The maximum Gasteiger partial charge on any atom is 0.242 e. The Bertz CT molecular complexity index is 214. The van der Waals surface area contributed by atoms with Crippen LogP contribution in [0.2, 0.25) is 0 Å². The first-order valence-corrected chi connectivity index (χ1v) is 4.73. The van der Waals surface area contributed by atoms with Gasteiger partial charge in [0, 0.05) is 0 Å². The zero-order valence-corrected chi connectivity index (χ0v) is 8.44. The van der Waals surface area contributed by atoms with Crippen molar-refractivity contribution in [1.29, 1.82) is 0 Å². The minimum atomic E-state index is -0.350. The average Bonchev–Trinajstić information content (AvgIpc) is 2.08. The Balaban J connectivity index is 2.87. The van der Waals surface area contributed by atoms with Crippen LogP contribution in [0.4, 0.5) is 0 Å². The van der Waals surface area contributed by atoms with Crippen LogP contribution < -0.4 is 5.32 Å². The summed E-state index contributed by atoms with van der Waals surface area (Å²) in [5, 5.41) is 2.64. The van der Waals surface area contributed by atoms with Gasteiger partial charge in [-0.3, -0.25) is 4.79 Å². The van der Waals surface area contributed by atoms with Crippen LogP contribution in [0.15, 0.2) is 0 Å². The number of hydrogen-bond acceptors (Lipinski definition) is 3. The second-order valence-electron chi connectivity index (χ2n) is 3.11. The quantitative estimate of drug-likeness (QED) is 0.635. The highest BCUT2D eigenvalue weighted by Gasteiger charge is 2.44. The summed E-state index contributed by atoms with van der Waals surface area (Å²) >= 11 is 6.35. The van der Waals surface area contributed by atoms with Crippen LogP contribution in [-0.2, 0) is 4.79 Å². The van der Waals surface area contributed by atoms with Gasteiger partial charge in [-0.2, -0.15) is 0 Å². The Morgan fingerprint density at radius 3 is 2.36 bits per heavy atom. The molecule has 1 fully saturated rings. The summed E-state index contributed by atoms with van der Waals surface area (Å²) in [5.74, 6) is 0.357. The van der Waals surface area contributed by atoms with Gasteiger partial charge >= 0.3 is 0 Å². The third kappa shape index (κ3) is 1.42. The molecule has 1 aliphatic heterocycles. The van der Waals surface area contributed by atoms with Crippen molar-refractivity contribution in [2.75, 3.05) is 0 Å². The smallest absolute Gasteiger partial charge is 0.242 e. The molecule has 0 spiro atoms. The van der Waals surface area contributed by atoms with Crippen molar-refractivity contribution < 1.29 is 4.79 Å². The van der Waals surface area contributed by atoms with Gasteiger partial charge in [0.25, 0.3) is 0 Å². The lowest BCUT2D eigenvalue weighted by molar-refractivity contribution is -0.122. The van der Waals surface area contributed by atoms with E-state index in [1.807, 2.05) is 20.8 Å². The fourth-order valence-electron chi connectivity index (χ4n) is 0.861. The van der Waals surface area contributed by atoms with Gasteiger partial charge in [-0.15, -0.1) is 0 Å². The lowest BCUT2D eigenvalue weighted by Gasteiger charge is -2.22. The molecule has 1 atom stereocenters. The molecule has 0 saturated carbocycles. The monoisotopic (exact) mass is 189 g/mol. The molecule has 4 heteroatoms. The van der Waals surface area contributed by atoms with E-state index in [1.54, 1.807) is 0 Å². The molecule has 1 heterocycles. The van der Waals surface area contributed by atoms with Crippen LogP contribution in [0.5, 0.6) is 0 Å². The average molecular weight is 189 g/mol. The summed E-state index contributed by atoms with van der Waals surface area (Å²) in [6, 6.07) is 0. The van der Waals surface area contributed by atoms with E-state index in [-0.39, 0.29) is 10.7 Å². The summed E-state index contributed by atoms with van der Waals surface area (Å²) in [6.07, 6.45) is 0. The first-order valence-electron chi connectivity index (χ1n) is 3.51. The predicted octanol–water partition coefficient (Wildman–Crippen LogP) is 1.55. The summed E-state index contributed by atoms with van der Waals surface area (Å²) in [5.41, 5.74) is 0. The van der Waals surface area contributed by atoms with Crippen LogP contribution in [0, 0.1) is 5.92 Å². The third-order valence-corrected chi connectivity index (χ3v) is 3.79. The van der Waals surface area contributed by atoms with Crippen LogP contribution >= 0.6 is 24.0 Å². The molecule has 0 aliphatic carbocycles. The van der Waals surface area contributed by atoms with Crippen LogP contribution in [0.1, 0.15) is 20.8 Å². The zero-order chi connectivity index (χ0) is 8.65. The SMILES string of the molecule is CC(C)[C@]1(C)SC(=S)NC1=O. The number of carbonyl (C=O) groups excluding carboxylic acids is 1. The van der Waals surface area contributed by atoms with Gasteiger partial charge in [-0.1, -0.05) is 37.8 Å². The van der Waals surface area contributed by atoms with Crippen LogP contribution in [-0.4, -0.2) is 15.0 Å². The Kier molecular flexibility index (Phi) is 2.25. The molecule has 62 valence electrons. The number of carbonyl (C=O) groups is 1. The number of rotatable bonds is 1. The second-order valence-corrected chi connectivity index (χ2v) is 5.23. The molecular weight excluding hydrogens is 178 g/mol. The molecule has 11 heavy (non-hydrogen) atoms. The minimum Gasteiger partial charge on any atom is -0.310 e. The normalized spacial score (nSPS) is 31.3. The number of thioether (sulfide) groups is 1. The number of hydrogen-bond donors (Lipinski definition) is 1. The molecule has 0 bridgehead atoms. The Labute approximate surface area is 76.1 Å². The highest BCUT2D eigenvalue weighted by atomic mass is 32.2. The molecule has 1 amide bonds. The number of thiocarbonyl (C=S) groups is 1.